The minimum absolute atomic E-state index is 0.323. The van der Waals surface area contributed by atoms with Crippen molar-refractivity contribution in [1.82, 2.24) is 5.32 Å². The third-order valence-corrected chi connectivity index (χ3v) is 4.35. The molecule has 5 heteroatoms. The van der Waals surface area contributed by atoms with Crippen molar-refractivity contribution in [2.45, 2.75) is 30.0 Å². The van der Waals surface area contributed by atoms with Crippen LogP contribution in [0.2, 0.25) is 0 Å². The van der Waals surface area contributed by atoms with Gasteiger partial charge >= 0.3 is 5.97 Å². The Morgan fingerprint density at radius 3 is 3.00 bits per heavy atom. The first kappa shape index (κ1) is 11.2. The van der Waals surface area contributed by atoms with Crippen molar-refractivity contribution in [3.05, 3.63) is 0 Å². The maximum atomic E-state index is 10.6. The molecule has 0 amide bonds. The first-order chi connectivity index (χ1) is 6.13. The predicted octanol–water partition coefficient (Wildman–Crippen LogP) is 1.24. The Hall–Kier alpha value is 0.130. The van der Waals surface area contributed by atoms with Crippen molar-refractivity contribution in [1.29, 1.82) is 0 Å². The smallest absolute Gasteiger partial charge is 0.321 e. The normalized spacial score (nSPS) is 30.3. The fraction of sp³-hybridized carbons (Fsp3) is 0.875. The number of carboxylic acid groups (broad SMARTS) is 1. The van der Waals surface area contributed by atoms with Gasteiger partial charge in [0.15, 0.2) is 0 Å². The fourth-order valence-electron chi connectivity index (χ4n) is 1.21. The zero-order valence-electron chi connectivity index (χ0n) is 7.82. The summed E-state index contributed by atoms with van der Waals surface area (Å²) in [5.41, 5.74) is 0. The molecule has 0 aliphatic carbocycles. The number of nitrogens with one attached hydrogen (secondary N) is 1. The number of aliphatic carboxylic acids is 1. The lowest BCUT2D eigenvalue weighted by Gasteiger charge is -2.14. The van der Waals surface area contributed by atoms with Crippen LogP contribution in [0, 0.1) is 0 Å². The summed E-state index contributed by atoms with van der Waals surface area (Å²) >= 11 is 3.54. The van der Waals surface area contributed by atoms with Crippen molar-refractivity contribution in [3.63, 3.8) is 0 Å². The Bertz CT molecular complexity index is 189. The van der Waals surface area contributed by atoms with E-state index >= 15 is 0 Å². The Kier molecular flexibility index (Phi) is 4.41. The highest BCUT2D eigenvalue weighted by Gasteiger charge is 2.29. The van der Waals surface area contributed by atoms with Crippen LogP contribution in [-0.2, 0) is 4.79 Å². The van der Waals surface area contributed by atoms with Crippen molar-refractivity contribution in [3.8, 4) is 0 Å². The van der Waals surface area contributed by atoms with Gasteiger partial charge in [-0.25, -0.2) is 0 Å². The molecule has 1 aliphatic rings. The van der Waals surface area contributed by atoms with E-state index in [1.807, 2.05) is 11.8 Å². The largest absolute Gasteiger partial charge is 0.480 e. The molecular weight excluding hydrogens is 206 g/mol. The van der Waals surface area contributed by atoms with E-state index < -0.39 is 5.97 Å². The van der Waals surface area contributed by atoms with Gasteiger partial charge in [-0.15, -0.1) is 11.8 Å². The van der Waals surface area contributed by atoms with Gasteiger partial charge in [0.1, 0.15) is 6.04 Å². The van der Waals surface area contributed by atoms with Gasteiger partial charge in [0.2, 0.25) is 0 Å². The number of hydrogen-bond donors (Lipinski definition) is 2. The van der Waals surface area contributed by atoms with Crippen LogP contribution in [-0.4, -0.2) is 39.8 Å². The van der Waals surface area contributed by atoms with Crippen molar-refractivity contribution in [2.24, 2.45) is 0 Å². The molecule has 3 atom stereocenters. The molecule has 0 bridgehead atoms. The summed E-state index contributed by atoms with van der Waals surface area (Å²) in [6, 6.07) is -0.343. The average Bonchev–Trinajstić information content (AvgIpc) is 2.52. The lowest BCUT2D eigenvalue weighted by molar-refractivity contribution is -0.138. The molecule has 1 rings (SSSR count). The molecule has 1 saturated heterocycles. The molecule has 0 aromatic carbocycles. The van der Waals surface area contributed by atoms with E-state index in [9.17, 15) is 4.79 Å². The quantitative estimate of drug-likeness (QED) is 0.748. The lowest BCUT2D eigenvalue weighted by atomic mass is 10.3. The van der Waals surface area contributed by atoms with E-state index in [4.69, 9.17) is 5.11 Å². The highest BCUT2D eigenvalue weighted by Crippen LogP contribution is 2.25. The molecule has 0 unspecified atom stereocenters. The van der Waals surface area contributed by atoms with Gasteiger partial charge in [0.25, 0.3) is 0 Å². The Balaban J connectivity index is 2.29. The monoisotopic (exact) mass is 221 g/mol. The van der Waals surface area contributed by atoms with Gasteiger partial charge < -0.3 is 5.11 Å². The van der Waals surface area contributed by atoms with E-state index in [0.29, 0.717) is 16.4 Å². The standard InChI is InChI=1S/C8H15NO2S2/c1-5(12-2)3-7-9-6(4-13-7)8(10)11/h5-7,9H,3-4H2,1-2H3,(H,10,11)/t5-,6-,7+/m0/s1. The van der Waals surface area contributed by atoms with Crippen LogP contribution in [0.15, 0.2) is 0 Å². The molecule has 2 N–H and O–H groups in total. The molecule has 1 fully saturated rings. The van der Waals surface area contributed by atoms with E-state index in [1.165, 1.54) is 0 Å². The first-order valence-corrected chi connectivity index (χ1v) is 6.60. The van der Waals surface area contributed by atoms with Crippen LogP contribution in [0.5, 0.6) is 0 Å². The Morgan fingerprint density at radius 2 is 2.54 bits per heavy atom. The minimum Gasteiger partial charge on any atom is -0.480 e. The molecule has 13 heavy (non-hydrogen) atoms. The summed E-state index contributed by atoms with van der Waals surface area (Å²) in [4.78, 5) is 10.6. The molecule has 0 radical (unpaired) electrons. The third kappa shape index (κ3) is 3.40. The van der Waals surface area contributed by atoms with Crippen LogP contribution in [0.1, 0.15) is 13.3 Å². The van der Waals surface area contributed by atoms with Crippen LogP contribution in [0.3, 0.4) is 0 Å². The Morgan fingerprint density at radius 1 is 1.85 bits per heavy atom. The molecule has 0 aromatic heterocycles. The predicted molar refractivity (Wildman–Crippen MR) is 58.4 cm³/mol. The van der Waals surface area contributed by atoms with Crippen molar-refractivity contribution >= 4 is 29.5 Å². The van der Waals surface area contributed by atoms with Crippen molar-refractivity contribution in [2.75, 3.05) is 12.0 Å². The fourth-order valence-corrected chi connectivity index (χ4v) is 3.06. The van der Waals surface area contributed by atoms with Gasteiger partial charge in [-0.1, -0.05) is 6.92 Å². The number of rotatable bonds is 4. The zero-order valence-corrected chi connectivity index (χ0v) is 9.45. The molecule has 76 valence electrons. The van der Waals surface area contributed by atoms with Gasteiger partial charge in [0.05, 0.1) is 5.37 Å². The van der Waals surface area contributed by atoms with Crippen LogP contribution in [0.4, 0.5) is 0 Å². The Labute approximate surface area is 87.0 Å². The van der Waals surface area contributed by atoms with Gasteiger partial charge in [-0.2, -0.15) is 11.8 Å². The SMILES string of the molecule is CS[C@@H](C)C[C@@H]1N[C@H](C(=O)O)CS1. The van der Waals surface area contributed by atoms with E-state index in [2.05, 4.69) is 18.5 Å². The summed E-state index contributed by atoms with van der Waals surface area (Å²) in [5.74, 6) is -0.0343. The van der Waals surface area contributed by atoms with E-state index in [1.54, 1.807) is 11.8 Å². The summed E-state index contributed by atoms with van der Waals surface area (Å²) in [7, 11) is 0. The van der Waals surface area contributed by atoms with Crippen LogP contribution < -0.4 is 5.32 Å². The molecule has 0 aromatic rings. The van der Waals surface area contributed by atoms with E-state index in [-0.39, 0.29) is 6.04 Å². The van der Waals surface area contributed by atoms with Crippen molar-refractivity contribution < 1.29 is 9.90 Å². The molecule has 3 nitrogen and oxygen atoms in total. The summed E-state index contributed by atoms with van der Waals surface area (Å²) in [5, 5.41) is 12.8. The summed E-state index contributed by atoms with van der Waals surface area (Å²) in [6.07, 6.45) is 3.12. The first-order valence-electron chi connectivity index (χ1n) is 4.26. The second-order valence-electron chi connectivity index (χ2n) is 3.16. The third-order valence-electron chi connectivity index (χ3n) is 2.10. The summed E-state index contributed by atoms with van der Waals surface area (Å²) < 4.78 is 0. The number of hydrogen-bond acceptors (Lipinski definition) is 4. The summed E-state index contributed by atoms with van der Waals surface area (Å²) in [6.45, 7) is 2.17. The zero-order chi connectivity index (χ0) is 9.84. The number of carbonyl (C=O) groups is 1. The second-order valence-corrected chi connectivity index (χ2v) is 5.67. The lowest BCUT2D eigenvalue weighted by Crippen LogP contribution is -2.37. The number of carboxylic acids is 1. The van der Waals surface area contributed by atoms with Gasteiger partial charge in [-0.3, -0.25) is 10.1 Å². The number of thioether (sulfide) groups is 2. The maximum Gasteiger partial charge on any atom is 0.321 e. The molecule has 1 heterocycles. The van der Waals surface area contributed by atoms with E-state index in [0.717, 1.165) is 6.42 Å². The highest BCUT2D eigenvalue weighted by atomic mass is 32.2. The average molecular weight is 221 g/mol. The van der Waals surface area contributed by atoms with Crippen LogP contribution >= 0.6 is 23.5 Å². The maximum absolute atomic E-state index is 10.6. The molecule has 0 saturated carbocycles. The van der Waals surface area contributed by atoms with Gasteiger partial charge in [0, 0.05) is 11.0 Å². The topological polar surface area (TPSA) is 49.3 Å². The van der Waals surface area contributed by atoms with Crippen LogP contribution in [0.25, 0.3) is 0 Å². The highest BCUT2D eigenvalue weighted by molar-refractivity contribution is 8.00. The molecule has 1 aliphatic heterocycles. The second kappa shape index (κ2) is 5.12. The minimum atomic E-state index is -0.730. The molecule has 0 spiro atoms. The molecular formula is C8H15NO2S2. The van der Waals surface area contributed by atoms with Gasteiger partial charge in [-0.05, 0) is 12.7 Å².